The molecule has 0 bridgehead atoms. The smallest absolute Gasteiger partial charge is 0.252 e. The van der Waals surface area contributed by atoms with Crippen LogP contribution in [0.5, 0.6) is 0 Å². The van der Waals surface area contributed by atoms with Crippen molar-refractivity contribution in [2.45, 2.75) is 61.0 Å². The number of sulfonamides is 1. The highest BCUT2D eigenvalue weighted by Crippen LogP contribution is 2.41. The Labute approximate surface area is 147 Å². The van der Waals surface area contributed by atoms with E-state index in [2.05, 4.69) is 0 Å². The number of ether oxygens (including phenoxy) is 1. The molecule has 2 atom stereocenters. The van der Waals surface area contributed by atoms with Crippen molar-refractivity contribution in [3.8, 4) is 0 Å². The van der Waals surface area contributed by atoms with Crippen molar-refractivity contribution in [2.75, 3.05) is 19.7 Å². The van der Waals surface area contributed by atoms with Gasteiger partial charge in [-0.15, -0.1) is 11.3 Å². The zero-order valence-electron chi connectivity index (χ0n) is 14.1. The number of aliphatic hydroxyl groups is 2. The lowest BCUT2D eigenvalue weighted by molar-refractivity contribution is -0.243. The highest BCUT2D eigenvalue weighted by Gasteiger charge is 2.53. The maximum Gasteiger partial charge on any atom is 0.252 e. The van der Waals surface area contributed by atoms with Gasteiger partial charge < -0.3 is 14.9 Å². The van der Waals surface area contributed by atoms with Crippen LogP contribution >= 0.6 is 11.3 Å². The molecule has 2 N–H and O–H groups in total. The number of hydrogen-bond acceptors (Lipinski definition) is 6. The summed E-state index contributed by atoms with van der Waals surface area (Å²) in [5.74, 6) is 0. The van der Waals surface area contributed by atoms with E-state index in [1.54, 1.807) is 13.0 Å². The van der Waals surface area contributed by atoms with Crippen LogP contribution < -0.4 is 0 Å². The predicted octanol–water partition coefficient (Wildman–Crippen LogP) is 1.37. The van der Waals surface area contributed by atoms with Gasteiger partial charge in [0, 0.05) is 24.4 Å². The summed E-state index contributed by atoms with van der Waals surface area (Å²) in [5, 5.41) is 20.8. The zero-order valence-corrected chi connectivity index (χ0v) is 15.7. The molecule has 2 aliphatic heterocycles. The van der Waals surface area contributed by atoms with E-state index >= 15 is 0 Å². The Morgan fingerprint density at radius 1 is 1.33 bits per heavy atom. The first-order chi connectivity index (χ1) is 11.2. The average molecular weight is 376 g/mol. The SMILES string of the molecule is CCc1ccc(S(=O)(=O)N2CCC3(CC2)OCC[C@@](C)(O)[C@@H]3O)s1. The van der Waals surface area contributed by atoms with Crippen molar-refractivity contribution >= 4 is 21.4 Å². The van der Waals surface area contributed by atoms with Crippen LogP contribution in [0.25, 0.3) is 0 Å². The number of hydrogen-bond donors (Lipinski definition) is 2. The van der Waals surface area contributed by atoms with Crippen LogP contribution in [0.3, 0.4) is 0 Å². The van der Waals surface area contributed by atoms with E-state index in [9.17, 15) is 18.6 Å². The van der Waals surface area contributed by atoms with Crippen molar-refractivity contribution in [2.24, 2.45) is 0 Å². The lowest BCUT2D eigenvalue weighted by Crippen LogP contribution is -2.64. The van der Waals surface area contributed by atoms with Crippen molar-refractivity contribution in [1.29, 1.82) is 0 Å². The molecule has 2 aliphatic rings. The molecule has 136 valence electrons. The van der Waals surface area contributed by atoms with Crippen LogP contribution in [0, 0.1) is 0 Å². The molecular formula is C16H25NO5S2. The van der Waals surface area contributed by atoms with Crippen LogP contribution in [0.2, 0.25) is 0 Å². The highest BCUT2D eigenvalue weighted by molar-refractivity contribution is 7.91. The van der Waals surface area contributed by atoms with E-state index in [0.29, 0.717) is 30.1 Å². The van der Waals surface area contributed by atoms with Gasteiger partial charge in [0.25, 0.3) is 10.0 Å². The molecule has 0 unspecified atom stereocenters. The lowest BCUT2D eigenvalue weighted by atomic mass is 9.75. The van der Waals surface area contributed by atoms with E-state index in [0.717, 1.165) is 11.3 Å². The Morgan fingerprint density at radius 2 is 2.00 bits per heavy atom. The van der Waals surface area contributed by atoms with Gasteiger partial charge >= 0.3 is 0 Å². The fourth-order valence-corrected chi connectivity index (χ4v) is 6.47. The second-order valence-electron chi connectivity index (χ2n) is 6.90. The number of rotatable bonds is 3. The first kappa shape index (κ1) is 18.3. The van der Waals surface area contributed by atoms with Gasteiger partial charge in [-0.2, -0.15) is 4.31 Å². The summed E-state index contributed by atoms with van der Waals surface area (Å²) >= 11 is 1.31. The Morgan fingerprint density at radius 3 is 2.58 bits per heavy atom. The molecule has 2 fully saturated rings. The predicted molar refractivity (Wildman–Crippen MR) is 91.6 cm³/mol. The third-order valence-corrected chi connectivity index (χ3v) is 8.83. The van der Waals surface area contributed by atoms with Gasteiger partial charge in [-0.05, 0) is 38.3 Å². The number of aryl methyl sites for hydroxylation is 1. The molecule has 1 spiro atoms. The Balaban J connectivity index is 1.75. The molecule has 0 aliphatic carbocycles. The van der Waals surface area contributed by atoms with Gasteiger partial charge in [0.1, 0.15) is 10.3 Å². The fraction of sp³-hybridized carbons (Fsp3) is 0.750. The van der Waals surface area contributed by atoms with Gasteiger partial charge in [-0.25, -0.2) is 8.42 Å². The molecule has 2 saturated heterocycles. The molecule has 0 aromatic carbocycles. The standard InChI is InChI=1S/C16H25NO5S2/c1-3-12-4-5-13(23-12)24(20,21)17-9-6-16(7-10-17)14(18)15(2,19)8-11-22-16/h4-5,14,18-19H,3,6-11H2,1-2H3/t14-,15+/m0/s1. The molecule has 3 rings (SSSR count). The normalized spacial score (nSPS) is 31.4. The zero-order chi connectivity index (χ0) is 17.6. The summed E-state index contributed by atoms with van der Waals surface area (Å²) < 4.78 is 33.2. The van der Waals surface area contributed by atoms with E-state index in [1.807, 2.05) is 13.0 Å². The Hall–Kier alpha value is -0.510. The van der Waals surface area contributed by atoms with Gasteiger partial charge in [-0.1, -0.05) is 6.92 Å². The van der Waals surface area contributed by atoms with Crippen molar-refractivity contribution < 1.29 is 23.4 Å². The second kappa shape index (κ2) is 6.34. The van der Waals surface area contributed by atoms with E-state index in [1.165, 1.54) is 15.6 Å². The van der Waals surface area contributed by atoms with Gasteiger partial charge in [-0.3, -0.25) is 0 Å². The third kappa shape index (κ3) is 3.04. The number of thiophene rings is 1. The lowest BCUT2D eigenvalue weighted by Gasteiger charge is -2.51. The maximum absolute atomic E-state index is 12.8. The van der Waals surface area contributed by atoms with Crippen LogP contribution in [0.4, 0.5) is 0 Å². The van der Waals surface area contributed by atoms with E-state index in [4.69, 9.17) is 4.74 Å². The number of aliphatic hydroxyl groups excluding tert-OH is 1. The monoisotopic (exact) mass is 375 g/mol. The van der Waals surface area contributed by atoms with Crippen LogP contribution in [-0.2, 0) is 21.2 Å². The van der Waals surface area contributed by atoms with E-state index < -0.39 is 27.3 Å². The fourth-order valence-electron chi connectivity index (χ4n) is 3.58. The van der Waals surface area contributed by atoms with Gasteiger partial charge in [0.2, 0.25) is 0 Å². The topological polar surface area (TPSA) is 87.1 Å². The number of nitrogens with zero attached hydrogens (tertiary/aromatic N) is 1. The summed E-state index contributed by atoms with van der Waals surface area (Å²) in [7, 11) is -3.50. The molecule has 24 heavy (non-hydrogen) atoms. The first-order valence-corrected chi connectivity index (χ1v) is 10.6. The molecule has 6 nitrogen and oxygen atoms in total. The Kier molecular flexibility index (Phi) is 4.83. The average Bonchev–Trinajstić information content (AvgIpc) is 3.03. The van der Waals surface area contributed by atoms with Gasteiger partial charge in [0.15, 0.2) is 0 Å². The van der Waals surface area contributed by atoms with Crippen LogP contribution in [-0.4, -0.2) is 59.9 Å². The van der Waals surface area contributed by atoms with Crippen LogP contribution in [0.15, 0.2) is 16.3 Å². The molecule has 0 saturated carbocycles. The van der Waals surface area contributed by atoms with Gasteiger partial charge in [0.05, 0.1) is 17.8 Å². The second-order valence-corrected chi connectivity index (χ2v) is 10.2. The minimum absolute atomic E-state index is 0.287. The third-order valence-electron chi connectivity index (χ3n) is 5.23. The number of piperidine rings is 1. The molecule has 3 heterocycles. The first-order valence-electron chi connectivity index (χ1n) is 8.34. The van der Waals surface area contributed by atoms with Crippen molar-refractivity contribution in [3.63, 3.8) is 0 Å². The van der Waals surface area contributed by atoms with Crippen molar-refractivity contribution in [1.82, 2.24) is 4.31 Å². The summed E-state index contributed by atoms with van der Waals surface area (Å²) in [5.41, 5.74) is -2.04. The highest BCUT2D eigenvalue weighted by atomic mass is 32.2. The largest absolute Gasteiger partial charge is 0.387 e. The molecule has 8 heteroatoms. The molecule has 1 aromatic rings. The van der Waals surface area contributed by atoms with E-state index in [-0.39, 0.29) is 13.1 Å². The minimum Gasteiger partial charge on any atom is -0.387 e. The molecular weight excluding hydrogens is 350 g/mol. The van der Waals surface area contributed by atoms with Crippen molar-refractivity contribution in [3.05, 3.63) is 17.0 Å². The summed E-state index contributed by atoms with van der Waals surface area (Å²) in [4.78, 5) is 1.05. The minimum atomic E-state index is -3.50. The molecule has 1 aromatic heterocycles. The molecule has 0 radical (unpaired) electrons. The summed E-state index contributed by atoms with van der Waals surface area (Å²) in [6, 6.07) is 3.52. The quantitative estimate of drug-likeness (QED) is 0.833. The molecule has 0 amide bonds. The maximum atomic E-state index is 12.8. The summed E-state index contributed by atoms with van der Waals surface area (Å²) in [6.45, 7) is 4.56. The Bertz CT molecular complexity index is 689. The van der Waals surface area contributed by atoms with Crippen LogP contribution in [0.1, 0.15) is 38.0 Å². The summed E-state index contributed by atoms with van der Waals surface area (Å²) in [6.07, 6.45) is 0.966.